The van der Waals surface area contributed by atoms with Crippen LogP contribution in [0.15, 0.2) is 48.8 Å². The van der Waals surface area contributed by atoms with Crippen LogP contribution in [0.3, 0.4) is 0 Å². The van der Waals surface area contributed by atoms with Crippen LogP contribution in [-0.2, 0) is 17.9 Å². The molecule has 0 saturated carbocycles. The second-order valence-corrected chi connectivity index (χ2v) is 6.57. The van der Waals surface area contributed by atoms with Gasteiger partial charge in [0, 0.05) is 47.6 Å². The van der Waals surface area contributed by atoms with E-state index in [0.717, 1.165) is 45.0 Å². The number of rotatable bonds is 2. The Balaban J connectivity index is 1.51. The lowest BCUT2D eigenvalue weighted by molar-refractivity contribution is -0.114. The minimum absolute atomic E-state index is 0.102. The van der Waals surface area contributed by atoms with Gasteiger partial charge in [0.1, 0.15) is 18.0 Å². The Kier molecular flexibility index (Phi) is 3.46. The normalized spacial score (nSPS) is 12.8. The number of carbonyl (C=O) groups is 1. The van der Waals surface area contributed by atoms with Crippen LogP contribution in [0.1, 0.15) is 18.2 Å². The molecule has 5 rings (SSSR count). The zero-order valence-corrected chi connectivity index (χ0v) is 14.7. The average molecular weight is 359 g/mol. The van der Waals surface area contributed by atoms with Crippen LogP contribution >= 0.6 is 0 Å². The molecule has 2 N–H and O–H groups in total. The van der Waals surface area contributed by atoms with Crippen molar-refractivity contribution in [2.45, 2.75) is 20.1 Å². The van der Waals surface area contributed by atoms with Gasteiger partial charge in [0.25, 0.3) is 0 Å². The molecule has 7 heteroatoms. The van der Waals surface area contributed by atoms with E-state index in [9.17, 15) is 4.79 Å². The van der Waals surface area contributed by atoms with Gasteiger partial charge in [-0.2, -0.15) is 5.10 Å². The fourth-order valence-electron chi connectivity index (χ4n) is 3.44. The number of aromatic nitrogens is 4. The van der Waals surface area contributed by atoms with Crippen LogP contribution in [0, 0.1) is 0 Å². The Morgan fingerprint density at radius 1 is 1.26 bits per heavy atom. The Hall–Kier alpha value is -3.61. The molecule has 0 bridgehead atoms. The number of anilines is 1. The summed E-state index contributed by atoms with van der Waals surface area (Å²) < 4.78 is 7.96. The second-order valence-electron chi connectivity index (χ2n) is 6.57. The van der Waals surface area contributed by atoms with Crippen LogP contribution in [0.5, 0.6) is 5.75 Å². The molecule has 4 heterocycles. The van der Waals surface area contributed by atoms with E-state index >= 15 is 0 Å². The Bertz CT molecular complexity index is 1170. The number of carbonyl (C=O) groups excluding carboxylic acids is 1. The first kappa shape index (κ1) is 15.6. The van der Waals surface area contributed by atoms with E-state index in [1.807, 2.05) is 41.2 Å². The standard InChI is InChI=1S/C20H17N5O2/c1-12(26)23-14-3-2-13-10-25-15(11-27-19(13)8-14)9-18(24-25)16-4-6-21-20-17(16)5-7-22-20/h2-9H,10-11H2,1H3,(H,21,22)(H,23,26). The van der Waals surface area contributed by atoms with E-state index in [2.05, 4.69) is 21.4 Å². The van der Waals surface area contributed by atoms with Gasteiger partial charge in [-0.05, 0) is 24.3 Å². The molecule has 0 atom stereocenters. The summed E-state index contributed by atoms with van der Waals surface area (Å²) in [5.41, 5.74) is 5.56. The van der Waals surface area contributed by atoms with Crippen LogP contribution in [-0.4, -0.2) is 25.7 Å². The van der Waals surface area contributed by atoms with Gasteiger partial charge in [0.05, 0.1) is 17.9 Å². The summed E-state index contributed by atoms with van der Waals surface area (Å²) in [6.45, 7) is 2.53. The van der Waals surface area contributed by atoms with Gasteiger partial charge in [-0.15, -0.1) is 0 Å². The average Bonchev–Trinajstić information content (AvgIpc) is 3.24. The third-order valence-corrected chi connectivity index (χ3v) is 4.68. The zero-order valence-electron chi connectivity index (χ0n) is 14.7. The van der Waals surface area contributed by atoms with Crippen molar-refractivity contribution in [1.29, 1.82) is 0 Å². The number of benzene rings is 1. The molecule has 1 aliphatic rings. The first-order valence-electron chi connectivity index (χ1n) is 8.70. The predicted octanol–water partition coefficient (Wildman–Crippen LogP) is 3.33. The molecule has 0 radical (unpaired) electrons. The molecule has 1 aromatic carbocycles. The number of ether oxygens (including phenoxy) is 1. The van der Waals surface area contributed by atoms with Gasteiger partial charge in [-0.25, -0.2) is 4.98 Å². The number of amides is 1. The van der Waals surface area contributed by atoms with E-state index < -0.39 is 0 Å². The SMILES string of the molecule is CC(=O)Nc1ccc2c(c1)OCc1cc(-c3ccnc4[nH]ccc34)nn1C2. The lowest BCUT2D eigenvalue weighted by Gasteiger charge is -2.09. The van der Waals surface area contributed by atoms with E-state index in [-0.39, 0.29) is 5.91 Å². The molecule has 134 valence electrons. The van der Waals surface area contributed by atoms with Gasteiger partial charge in [-0.1, -0.05) is 6.07 Å². The van der Waals surface area contributed by atoms with Crippen molar-refractivity contribution in [3.63, 3.8) is 0 Å². The number of hydrogen-bond donors (Lipinski definition) is 2. The maximum Gasteiger partial charge on any atom is 0.221 e. The number of H-pyrrole nitrogens is 1. The van der Waals surface area contributed by atoms with Gasteiger partial charge < -0.3 is 15.0 Å². The lowest BCUT2D eigenvalue weighted by atomic mass is 10.1. The zero-order chi connectivity index (χ0) is 18.4. The first-order valence-corrected chi connectivity index (χ1v) is 8.70. The Morgan fingerprint density at radius 2 is 2.19 bits per heavy atom. The number of nitrogens with zero attached hydrogens (tertiary/aromatic N) is 3. The number of pyridine rings is 1. The monoisotopic (exact) mass is 359 g/mol. The largest absolute Gasteiger partial charge is 0.487 e. The topological polar surface area (TPSA) is 84.8 Å². The first-order chi connectivity index (χ1) is 13.2. The molecule has 0 aliphatic carbocycles. The molecule has 1 amide bonds. The van der Waals surface area contributed by atoms with Crippen LogP contribution in [0.4, 0.5) is 5.69 Å². The van der Waals surface area contributed by atoms with E-state index in [1.165, 1.54) is 6.92 Å². The highest BCUT2D eigenvalue weighted by Gasteiger charge is 2.18. The quantitative estimate of drug-likeness (QED) is 0.575. The molecule has 27 heavy (non-hydrogen) atoms. The summed E-state index contributed by atoms with van der Waals surface area (Å²) in [5, 5.41) is 8.64. The molecular formula is C20H17N5O2. The van der Waals surface area contributed by atoms with Crippen molar-refractivity contribution >= 4 is 22.6 Å². The summed E-state index contributed by atoms with van der Waals surface area (Å²) >= 11 is 0. The Labute approximate surface area is 155 Å². The summed E-state index contributed by atoms with van der Waals surface area (Å²) in [6, 6.07) is 11.8. The Morgan fingerprint density at radius 3 is 3.07 bits per heavy atom. The van der Waals surface area contributed by atoms with E-state index in [4.69, 9.17) is 9.84 Å². The highest BCUT2D eigenvalue weighted by Crippen LogP contribution is 2.31. The summed E-state index contributed by atoms with van der Waals surface area (Å²) in [6.07, 6.45) is 3.67. The molecule has 0 spiro atoms. The van der Waals surface area contributed by atoms with Crippen LogP contribution in [0.25, 0.3) is 22.3 Å². The maximum absolute atomic E-state index is 11.3. The molecule has 0 saturated heterocycles. The van der Waals surface area contributed by atoms with Crippen molar-refractivity contribution in [3.05, 3.63) is 60.0 Å². The van der Waals surface area contributed by atoms with E-state index in [0.29, 0.717) is 13.2 Å². The van der Waals surface area contributed by atoms with Crippen molar-refractivity contribution in [3.8, 4) is 17.0 Å². The van der Waals surface area contributed by atoms with Crippen molar-refractivity contribution in [1.82, 2.24) is 19.7 Å². The van der Waals surface area contributed by atoms with Gasteiger partial charge in [0.2, 0.25) is 5.91 Å². The molecular weight excluding hydrogens is 342 g/mol. The number of nitrogens with one attached hydrogen (secondary N) is 2. The molecule has 3 aromatic heterocycles. The highest BCUT2D eigenvalue weighted by molar-refractivity contribution is 5.91. The van der Waals surface area contributed by atoms with Crippen LogP contribution < -0.4 is 10.1 Å². The van der Waals surface area contributed by atoms with Crippen molar-refractivity contribution in [2.24, 2.45) is 0 Å². The fraction of sp³-hybridized carbons (Fsp3) is 0.150. The molecule has 0 unspecified atom stereocenters. The van der Waals surface area contributed by atoms with Gasteiger partial charge in [-0.3, -0.25) is 9.48 Å². The third-order valence-electron chi connectivity index (χ3n) is 4.68. The van der Waals surface area contributed by atoms with Crippen molar-refractivity contribution < 1.29 is 9.53 Å². The van der Waals surface area contributed by atoms with Crippen molar-refractivity contribution in [2.75, 3.05) is 5.32 Å². The van der Waals surface area contributed by atoms with Gasteiger partial charge in [0.15, 0.2) is 0 Å². The fourth-order valence-corrected chi connectivity index (χ4v) is 3.44. The minimum Gasteiger partial charge on any atom is -0.487 e. The van der Waals surface area contributed by atoms with Crippen LogP contribution in [0.2, 0.25) is 0 Å². The lowest BCUT2D eigenvalue weighted by Crippen LogP contribution is -2.06. The summed E-state index contributed by atoms with van der Waals surface area (Å²) in [4.78, 5) is 18.7. The second kappa shape index (κ2) is 5.98. The molecule has 7 nitrogen and oxygen atoms in total. The number of fused-ring (bicyclic) bond motifs is 3. The smallest absolute Gasteiger partial charge is 0.221 e. The molecule has 4 aromatic rings. The minimum atomic E-state index is -0.102. The number of hydrogen-bond acceptors (Lipinski definition) is 4. The maximum atomic E-state index is 11.3. The highest BCUT2D eigenvalue weighted by atomic mass is 16.5. The number of aromatic amines is 1. The molecule has 1 aliphatic heterocycles. The van der Waals surface area contributed by atoms with E-state index in [1.54, 1.807) is 6.20 Å². The van der Waals surface area contributed by atoms with Gasteiger partial charge >= 0.3 is 0 Å². The predicted molar refractivity (Wildman–Crippen MR) is 101 cm³/mol. The molecule has 0 fully saturated rings. The summed E-state index contributed by atoms with van der Waals surface area (Å²) in [7, 11) is 0. The third kappa shape index (κ3) is 2.73. The summed E-state index contributed by atoms with van der Waals surface area (Å²) in [5.74, 6) is 0.666.